The Balaban J connectivity index is 1.37. The maximum Gasteiger partial charge on any atom is 0.345 e. The third kappa shape index (κ3) is 8.02. The first kappa shape index (κ1) is 30.9. The molecule has 0 aromatic heterocycles. The molecule has 2 amide bonds. The first-order valence-electron chi connectivity index (χ1n) is 12.3. The molecule has 4 aromatic rings. The van der Waals surface area contributed by atoms with E-state index in [-0.39, 0.29) is 26.9 Å². The number of rotatable bonds is 9. The van der Waals surface area contributed by atoms with Crippen molar-refractivity contribution in [3.63, 3.8) is 0 Å². The number of benzene rings is 4. The van der Waals surface area contributed by atoms with Crippen LogP contribution in [0, 0.1) is 0 Å². The molecule has 0 spiro atoms. The molecule has 0 saturated heterocycles. The average Bonchev–Trinajstić information content (AvgIpc) is 2.94. The molecule has 8 nitrogen and oxygen atoms in total. The van der Waals surface area contributed by atoms with E-state index in [4.69, 9.17) is 55.9 Å². The van der Waals surface area contributed by atoms with E-state index in [9.17, 15) is 14.4 Å². The van der Waals surface area contributed by atoms with E-state index < -0.39 is 17.8 Å². The summed E-state index contributed by atoms with van der Waals surface area (Å²) < 4.78 is 11.1. The molecular formula is C30H21Cl4N3O5. The molecule has 0 atom stereocenters. The predicted octanol–water partition coefficient (Wildman–Crippen LogP) is 7.93. The van der Waals surface area contributed by atoms with E-state index in [0.29, 0.717) is 39.2 Å². The van der Waals surface area contributed by atoms with Gasteiger partial charge in [0.25, 0.3) is 11.8 Å². The molecule has 0 aliphatic heterocycles. The molecule has 2 N–H and O–H groups in total. The summed E-state index contributed by atoms with van der Waals surface area (Å²) in [5.74, 6) is -1.09. The number of nitrogens with zero attached hydrogens (tertiary/aromatic N) is 1. The van der Waals surface area contributed by atoms with Crippen LogP contribution in [0.3, 0.4) is 0 Å². The van der Waals surface area contributed by atoms with Crippen LogP contribution in [-0.2, 0) is 0 Å². The van der Waals surface area contributed by atoms with Crippen LogP contribution >= 0.6 is 46.4 Å². The number of nitrogens with one attached hydrogen (secondary N) is 2. The first-order chi connectivity index (χ1) is 20.1. The summed E-state index contributed by atoms with van der Waals surface area (Å²) >= 11 is 24.0. The van der Waals surface area contributed by atoms with Gasteiger partial charge in [-0.15, -0.1) is 0 Å². The highest BCUT2D eigenvalue weighted by atomic mass is 35.5. The third-order valence-electron chi connectivity index (χ3n) is 5.58. The van der Waals surface area contributed by atoms with Crippen molar-refractivity contribution in [2.24, 2.45) is 5.10 Å². The van der Waals surface area contributed by atoms with Crippen molar-refractivity contribution < 1.29 is 23.9 Å². The number of hydrazone groups is 1. The monoisotopic (exact) mass is 643 g/mol. The summed E-state index contributed by atoms with van der Waals surface area (Å²) in [6, 6.07) is 20.0. The van der Waals surface area contributed by atoms with E-state index in [1.807, 2.05) is 0 Å². The standard InChI is InChI=1S/C30H21Cl4N3O5/c1-2-41-27-13-17(3-12-26(27)42-30(40)23-11-7-20(32)15-25(23)34)16-35-37-28(38)18-4-8-21(9-5-18)36-29(39)22-10-6-19(31)14-24(22)33/h3-16H,2H2,1H3,(H,36,39)(H,37,38)/b35-16-. The fourth-order valence-electron chi connectivity index (χ4n) is 3.57. The van der Waals surface area contributed by atoms with Crippen LogP contribution in [0.5, 0.6) is 11.5 Å². The number of hydrogen-bond acceptors (Lipinski definition) is 6. The average molecular weight is 645 g/mol. The molecule has 42 heavy (non-hydrogen) atoms. The second-order valence-electron chi connectivity index (χ2n) is 8.51. The summed E-state index contributed by atoms with van der Waals surface area (Å²) in [5, 5.41) is 7.90. The largest absolute Gasteiger partial charge is 0.490 e. The summed E-state index contributed by atoms with van der Waals surface area (Å²) in [4.78, 5) is 37.7. The van der Waals surface area contributed by atoms with E-state index in [2.05, 4.69) is 15.8 Å². The number of carbonyl (C=O) groups is 3. The fourth-order valence-corrected chi connectivity index (χ4v) is 4.55. The van der Waals surface area contributed by atoms with Crippen LogP contribution in [0.1, 0.15) is 43.6 Å². The lowest BCUT2D eigenvalue weighted by Crippen LogP contribution is -2.18. The minimum atomic E-state index is -0.675. The molecule has 0 radical (unpaired) electrons. The minimum Gasteiger partial charge on any atom is -0.490 e. The molecule has 0 aliphatic rings. The Morgan fingerprint density at radius 1 is 0.762 bits per heavy atom. The van der Waals surface area contributed by atoms with Gasteiger partial charge in [-0.25, -0.2) is 10.2 Å². The Hall–Kier alpha value is -4.08. The smallest absolute Gasteiger partial charge is 0.345 e. The summed E-state index contributed by atoms with van der Waals surface area (Å²) in [5.41, 5.74) is 4.21. The fraction of sp³-hybridized carbons (Fsp3) is 0.0667. The number of amides is 2. The minimum absolute atomic E-state index is 0.151. The third-order valence-corrected chi connectivity index (χ3v) is 6.68. The Kier molecular flexibility index (Phi) is 10.4. The van der Waals surface area contributed by atoms with Gasteiger partial charge in [0.15, 0.2) is 11.5 Å². The maximum absolute atomic E-state index is 12.6. The number of anilines is 1. The second kappa shape index (κ2) is 14.2. The number of hydrogen-bond donors (Lipinski definition) is 2. The number of halogens is 4. The highest BCUT2D eigenvalue weighted by Gasteiger charge is 2.17. The van der Waals surface area contributed by atoms with Gasteiger partial charge < -0.3 is 14.8 Å². The van der Waals surface area contributed by atoms with Crippen LogP contribution in [0.2, 0.25) is 20.1 Å². The Morgan fingerprint density at radius 2 is 1.40 bits per heavy atom. The van der Waals surface area contributed by atoms with Crippen molar-refractivity contribution in [2.45, 2.75) is 6.92 Å². The van der Waals surface area contributed by atoms with Crippen molar-refractivity contribution >= 4 is 76.1 Å². The maximum atomic E-state index is 12.6. The molecule has 0 unspecified atom stereocenters. The van der Waals surface area contributed by atoms with Gasteiger partial charge in [0, 0.05) is 21.3 Å². The highest BCUT2D eigenvalue weighted by Crippen LogP contribution is 2.30. The van der Waals surface area contributed by atoms with Crippen LogP contribution in [0.4, 0.5) is 5.69 Å². The first-order valence-corrected chi connectivity index (χ1v) is 13.8. The molecule has 214 valence electrons. The van der Waals surface area contributed by atoms with Gasteiger partial charge >= 0.3 is 5.97 Å². The molecule has 0 heterocycles. The predicted molar refractivity (Wildman–Crippen MR) is 165 cm³/mol. The lowest BCUT2D eigenvalue weighted by molar-refractivity contribution is 0.0728. The zero-order valence-electron chi connectivity index (χ0n) is 21.8. The van der Waals surface area contributed by atoms with Gasteiger partial charge in [-0.05, 0) is 91.3 Å². The number of esters is 1. The molecule has 4 aromatic carbocycles. The zero-order chi connectivity index (χ0) is 30.2. The summed E-state index contributed by atoms with van der Waals surface area (Å²) in [6.07, 6.45) is 1.41. The van der Waals surface area contributed by atoms with Gasteiger partial charge in [-0.2, -0.15) is 5.10 Å². The quantitative estimate of drug-likeness (QED) is 0.0833. The molecule has 0 fully saturated rings. The Bertz CT molecular complexity index is 1680. The topological polar surface area (TPSA) is 106 Å². The van der Waals surface area contributed by atoms with Gasteiger partial charge in [0.05, 0.1) is 34.0 Å². The van der Waals surface area contributed by atoms with Crippen LogP contribution < -0.4 is 20.2 Å². The lowest BCUT2D eigenvalue weighted by Gasteiger charge is -2.12. The van der Waals surface area contributed by atoms with E-state index in [0.717, 1.165) is 0 Å². The summed E-state index contributed by atoms with van der Waals surface area (Å²) in [7, 11) is 0. The zero-order valence-corrected chi connectivity index (χ0v) is 24.8. The molecule has 0 bridgehead atoms. The Labute approximate surface area is 261 Å². The van der Waals surface area contributed by atoms with Crippen LogP contribution in [0.25, 0.3) is 0 Å². The van der Waals surface area contributed by atoms with E-state index >= 15 is 0 Å². The SMILES string of the molecule is CCOc1cc(/C=N\NC(=O)c2ccc(NC(=O)c3ccc(Cl)cc3Cl)cc2)ccc1OC(=O)c1ccc(Cl)cc1Cl. The van der Waals surface area contributed by atoms with E-state index in [1.165, 1.54) is 48.7 Å². The molecule has 0 aliphatic carbocycles. The molecule has 0 saturated carbocycles. The van der Waals surface area contributed by atoms with Crippen molar-refractivity contribution in [3.8, 4) is 11.5 Å². The van der Waals surface area contributed by atoms with Crippen molar-refractivity contribution in [1.29, 1.82) is 0 Å². The second-order valence-corrected chi connectivity index (χ2v) is 10.2. The van der Waals surface area contributed by atoms with Crippen LogP contribution in [0.15, 0.2) is 84.0 Å². The summed E-state index contributed by atoms with van der Waals surface area (Å²) in [6.45, 7) is 2.10. The normalized spacial score (nSPS) is 10.8. The molecular weight excluding hydrogens is 624 g/mol. The molecule has 4 rings (SSSR count). The highest BCUT2D eigenvalue weighted by molar-refractivity contribution is 6.37. The molecule has 12 heteroatoms. The lowest BCUT2D eigenvalue weighted by atomic mass is 10.1. The van der Waals surface area contributed by atoms with Crippen LogP contribution in [-0.4, -0.2) is 30.6 Å². The number of ether oxygens (including phenoxy) is 2. The number of carbonyl (C=O) groups excluding carboxylic acids is 3. The van der Waals surface area contributed by atoms with Gasteiger partial charge in [0.2, 0.25) is 0 Å². The van der Waals surface area contributed by atoms with Crippen molar-refractivity contribution in [2.75, 3.05) is 11.9 Å². The Morgan fingerprint density at radius 3 is 2.02 bits per heavy atom. The van der Waals surface area contributed by atoms with Gasteiger partial charge in [0.1, 0.15) is 0 Å². The van der Waals surface area contributed by atoms with Gasteiger partial charge in [-0.3, -0.25) is 9.59 Å². The van der Waals surface area contributed by atoms with E-state index in [1.54, 1.807) is 43.3 Å². The van der Waals surface area contributed by atoms with Crippen molar-refractivity contribution in [1.82, 2.24) is 5.43 Å². The van der Waals surface area contributed by atoms with Gasteiger partial charge in [-0.1, -0.05) is 46.4 Å². The van der Waals surface area contributed by atoms with Crippen molar-refractivity contribution in [3.05, 3.63) is 121 Å².